The Morgan fingerprint density at radius 2 is 1.49 bits per heavy atom. The normalized spacial score (nSPS) is 13.7. The first-order valence-electron chi connectivity index (χ1n) is 11.9. The van der Waals surface area contributed by atoms with E-state index in [1.807, 2.05) is 30.3 Å². The van der Waals surface area contributed by atoms with Gasteiger partial charge in [0.05, 0.1) is 13.2 Å². The van der Waals surface area contributed by atoms with E-state index < -0.39 is 0 Å². The van der Waals surface area contributed by atoms with E-state index in [4.69, 9.17) is 9.47 Å². The second kappa shape index (κ2) is 12.7. The molecule has 1 saturated heterocycles. The van der Waals surface area contributed by atoms with Crippen LogP contribution in [0.5, 0.6) is 5.75 Å². The summed E-state index contributed by atoms with van der Waals surface area (Å²) >= 11 is 0. The van der Waals surface area contributed by atoms with Crippen LogP contribution in [0.25, 0.3) is 0 Å². The summed E-state index contributed by atoms with van der Waals surface area (Å²) in [5.74, 6) is 0.363. The molecule has 0 aromatic heterocycles. The SMILES string of the molecule is O=C(NCCCN1CCOCC1)c1ccc(NC(=O)c2ccc(OCc3ccccc3)cc2)cc1. The largest absolute Gasteiger partial charge is 0.489 e. The number of hydrogen-bond donors (Lipinski definition) is 2. The predicted octanol–water partition coefficient (Wildman–Crippen LogP) is 3.97. The number of nitrogens with zero attached hydrogens (tertiary/aromatic N) is 1. The quantitative estimate of drug-likeness (QED) is 0.436. The van der Waals surface area contributed by atoms with Crippen LogP contribution in [0.2, 0.25) is 0 Å². The molecule has 0 aliphatic carbocycles. The number of nitrogens with one attached hydrogen (secondary N) is 2. The molecule has 4 rings (SSSR count). The van der Waals surface area contributed by atoms with Gasteiger partial charge in [-0.25, -0.2) is 0 Å². The van der Waals surface area contributed by atoms with E-state index in [1.54, 1.807) is 48.5 Å². The minimum absolute atomic E-state index is 0.115. The molecule has 0 spiro atoms. The van der Waals surface area contributed by atoms with Crippen molar-refractivity contribution in [2.24, 2.45) is 0 Å². The summed E-state index contributed by atoms with van der Waals surface area (Å²) in [6.45, 7) is 5.52. The van der Waals surface area contributed by atoms with Gasteiger partial charge < -0.3 is 20.1 Å². The van der Waals surface area contributed by atoms with Gasteiger partial charge in [0.25, 0.3) is 11.8 Å². The van der Waals surface area contributed by atoms with E-state index in [9.17, 15) is 9.59 Å². The first kappa shape index (κ1) is 24.4. The molecular weight excluding hydrogens is 442 g/mol. The third-order valence-electron chi connectivity index (χ3n) is 5.81. The van der Waals surface area contributed by atoms with Crippen LogP contribution in [-0.2, 0) is 11.3 Å². The van der Waals surface area contributed by atoms with E-state index in [0.717, 1.165) is 44.8 Å². The van der Waals surface area contributed by atoms with Crippen LogP contribution in [0.4, 0.5) is 5.69 Å². The number of ether oxygens (including phenoxy) is 2. The molecule has 182 valence electrons. The van der Waals surface area contributed by atoms with Crippen molar-refractivity contribution >= 4 is 17.5 Å². The van der Waals surface area contributed by atoms with E-state index in [2.05, 4.69) is 15.5 Å². The molecule has 0 bridgehead atoms. The Morgan fingerprint density at radius 3 is 2.20 bits per heavy atom. The molecule has 35 heavy (non-hydrogen) atoms. The van der Waals surface area contributed by atoms with Crippen LogP contribution in [0.3, 0.4) is 0 Å². The minimum atomic E-state index is -0.222. The molecule has 2 amide bonds. The highest BCUT2D eigenvalue weighted by Crippen LogP contribution is 2.16. The van der Waals surface area contributed by atoms with Crippen LogP contribution in [0.1, 0.15) is 32.7 Å². The predicted molar refractivity (Wildman–Crippen MR) is 136 cm³/mol. The fourth-order valence-corrected chi connectivity index (χ4v) is 3.78. The second-order valence-electron chi connectivity index (χ2n) is 8.39. The lowest BCUT2D eigenvalue weighted by atomic mass is 10.1. The third-order valence-corrected chi connectivity index (χ3v) is 5.81. The smallest absolute Gasteiger partial charge is 0.255 e. The zero-order chi connectivity index (χ0) is 24.3. The summed E-state index contributed by atoms with van der Waals surface area (Å²) in [7, 11) is 0. The number of carbonyl (C=O) groups excluding carboxylic acids is 2. The maximum Gasteiger partial charge on any atom is 0.255 e. The van der Waals surface area contributed by atoms with Gasteiger partial charge in [-0.15, -0.1) is 0 Å². The van der Waals surface area contributed by atoms with Crippen molar-refractivity contribution in [2.75, 3.05) is 44.7 Å². The summed E-state index contributed by atoms with van der Waals surface area (Å²) in [6.07, 6.45) is 0.899. The highest BCUT2D eigenvalue weighted by molar-refractivity contribution is 6.04. The molecule has 7 heteroatoms. The number of morpholine rings is 1. The second-order valence-corrected chi connectivity index (χ2v) is 8.39. The number of hydrogen-bond acceptors (Lipinski definition) is 5. The third kappa shape index (κ3) is 7.67. The Kier molecular flexibility index (Phi) is 8.86. The summed E-state index contributed by atoms with van der Waals surface area (Å²) in [5, 5.41) is 5.82. The van der Waals surface area contributed by atoms with Crippen LogP contribution in [0.15, 0.2) is 78.9 Å². The van der Waals surface area contributed by atoms with Gasteiger partial charge in [-0.05, 0) is 67.1 Å². The van der Waals surface area contributed by atoms with Crippen LogP contribution in [-0.4, -0.2) is 56.1 Å². The van der Waals surface area contributed by atoms with Crippen molar-refractivity contribution in [3.63, 3.8) is 0 Å². The lowest BCUT2D eigenvalue weighted by Crippen LogP contribution is -2.38. The molecule has 0 saturated carbocycles. The number of benzene rings is 3. The number of anilines is 1. The van der Waals surface area contributed by atoms with E-state index >= 15 is 0 Å². The maximum atomic E-state index is 12.6. The van der Waals surface area contributed by atoms with Crippen LogP contribution < -0.4 is 15.4 Å². The molecule has 0 radical (unpaired) electrons. The topological polar surface area (TPSA) is 79.9 Å². The molecule has 1 aliphatic heterocycles. The molecular formula is C28H31N3O4. The van der Waals surface area contributed by atoms with Gasteiger partial charge in [-0.3, -0.25) is 14.5 Å². The van der Waals surface area contributed by atoms with Crippen molar-refractivity contribution in [3.8, 4) is 5.75 Å². The molecule has 1 aliphatic rings. The Morgan fingerprint density at radius 1 is 0.829 bits per heavy atom. The number of rotatable bonds is 10. The highest BCUT2D eigenvalue weighted by Gasteiger charge is 2.11. The first-order valence-corrected chi connectivity index (χ1v) is 11.9. The van der Waals surface area contributed by atoms with Crippen LogP contribution >= 0.6 is 0 Å². The average molecular weight is 474 g/mol. The molecule has 1 fully saturated rings. The van der Waals surface area contributed by atoms with Gasteiger partial charge >= 0.3 is 0 Å². The molecule has 3 aromatic rings. The Bertz CT molecular complexity index is 1080. The van der Waals surface area contributed by atoms with Gasteiger partial charge in [-0.2, -0.15) is 0 Å². The Hall–Kier alpha value is -3.68. The van der Waals surface area contributed by atoms with Crippen molar-refractivity contribution < 1.29 is 19.1 Å². The van der Waals surface area contributed by atoms with Gasteiger partial charge in [0.2, 0.25) is 0 Å². The summed E-state index contributed by atoms with van der Waals surface area (Å²) < 4.78 is 11.1. The number of amides is 2. The van der Waals surface area contributed by atoms with E-state index in [-0.39, 0.29) is 11.8 Å². The lowest BCUT2D eigenvalue weighted by Gasteiger charge is -2.26. The standard InChI is InChI=1S/C28H31N3O4/c32-27(29-15-4-16-31-17-19-34-20-18-31)23-7-11-25(12-8-23)30-28(33)24-9-13-26(14-10-24)35-21-22-5-2-1-3-6-22/h1-3,5-14H,4,15-21H2,(H,29,32)(H,30,33). The van der Waals surface area contributed by atoms with Crippen molar-refractivity contribution in [1.29, 1.82) is 0 Å². The Balaban J connectivity index is 1.20. The summed E-state index contributed by atoms with van der Waals surface area (Å²) in [5.41, 5.74) is 2.80. The van der Waals surface area contributed by atoms with Gasteiger partial charge in [0.1, 0.15) is 12.4 Å². The molecule has 0 unspecified atom stereocenters. The molecule has 1 heterocycles. The number of carbonyl (C=O) groups is 2. The molecule has 2 N–H and O–H groups in total. The zero-order valence-electron chi connectivity index (χ0n) is 19.7. The molecule has 7 nitrogen and oxygen atoms in total. The van der Waals surface area contributed by atoms with Crippen molar-refractivity contribution in [2.45, 2.75) is 13.0 Å². The summed E-state index contributed by atoms with van der Waals surface area (Å²) in [4.78, 5) is 27.3. The van der Waals surface area contributed by atoms with Gasteiger partial charge in [-0.1, -0.05) is 30.3 Å². The van der Waals surface area contributed by atoms with Crippen molar-refractivity contribution in [1.82, 2.24) is 10.2 Å². The molecule has 3 aromatic carbocycles. The fourth-order valence-electron chi connectivity index (χ4n) is 3.78. The minimum Gasteiger partial charge on any atom is -0.489 e. The lowest BCUT2D eigenvalue weighted by molar-refractivity contribution is 0.0374. The summed E-state index contributed by atoms with van der Waals surface area (Å²) in [6, 6.07) is 23.8. The van der Waals surface area contributed by atoms with Crippen LogP contribution in [0, 0.1) is 0 Å². The van der Waals surface area contributed by atoms with Crippen molar-refractivity contribution in [3.05, 3.63) is 95.6 Å². The zero-order valence-corrected chi connectivity index (χ0v) is 19.7. The average Bonchev–Trinajstić information content (AvgIpc) is 2.91. The first-order chi connectivity index (χ1) is 17.2. The van der Waals surface area contributed by atoms with Gasteiger partial charge in [0.15, 0.2) is 0 Å². The maximum absolute atomic E-state index is 12.6. The van der Waals surface area contributed by atoms with E-state index in [0.29, 0.717) is 35.7 Å². The van der Waals surface area contributed by atoms with E-state index in [1.165, 1.54) is 0 Å². The van der Waals surface area contributed by atoms with Gasteiger partial charge in [0, 0.05) is 36.4 Å². The Labute approximate surface area is 206 Å². The fraction of sp³-hybridized carbons (Fsp3) is 0.286. The highest BCUT2D eigenvalue weighted by atomic mass is 16.5. The molecule has 0 atom stereocenters. The monoisotopic (exact) mass is 473 g/mol.